The van der Waals surface area contributed by atoms with Crippen LogP contribution in [0.2, 0.25) is 6.32 Å². The third kappa shape index (κ3) is 1.27. The predicted molar refractivity (Wildman–Crippen MR) is 34.5 cm³/mol. The Hall–Kier alpha value is 0.645. The maximum atomic E-state index is 5.70. The van der Waals surface area contributed by atoms with Crippen LogP contribution in [0, 0.1) is 0 Å². The predicted octanol–water partition coefficient (Wildman–Crippen LogP) is 1.68. The summed E-state index contributed by atoms with van der Waals surface area (Å²) in [6.45, 7) is 0. The highest BCUT2D eigenvalue weighted by Gasteiger charge is 2.23. The molecule has 7 heavy (non-hydrogen) atoms. The van der Waals surface area contributed by atoms with Gasteiger partial charge in [0.1, 0.15) is 7.28 Å². The van der Waals surface area contributed by atoms with Crippen LogP contribution in [0.15, 0.2) is 0 Å². The molecule has 0 aromatic rings. The number of hydrogen-bond acceptors (Lipinski definition) is 0. The van der Waals surface area contributed by atoms with E-state index in [0.717, 1.165) is 12.7 Å². The molecule has 0 aliphatic carbocycles. The van der Waals surface area contributed by atoms with Gasteiger partial charge in [-0.15, -0.1) is 23.2 Å². The Balaban J connectivity index is 2.33. The first-order valence-electron chi connectivity index (χ1n) is 2.42. The van der Waals surface area contributed by atoms with E-state index in [4.69, 9.17) is 23.2 Å². The van der Waals surface area contributed by atoms with Crippen molar-refractivity contribution in [2.75, 3.05) is 0 Å². The quantitative estimate of drug-likeness (QED) is 0.351. The van der Waals surface area contributed by atoms with Gasteiger partial charge in [-0.3, -0.25) is 0 Å². The third-order valence-electron chi connectivity index (χ3n) is 1.18. The second-order valence-corrected chi connectivity index (χ2v) is 2.84. The van der Waals surface area contributed by atoms with Gasteiger partial charge in [-0.1, -0.05) is 6.32 Å². The Morgan fingerprint density at radius 1 is 1.43 bits per heavy atom. The molecule has 0 saturated carbocycles. The van der Waals surface area contributed by atoms with E-state index in [1.54, 1.807) is 0 Å². The van der Waals surface area contributed by atoms with Gasteiger partial charge < -0.3 is 0 Å². The second-order valence-electron chi connectivity index (χ2n) is 1.77. The fourth-order valence-electron chi connectivity index (χ4n) is 0.722. The highest BCUT2D eigenvalue weighted by molar-refractivity contribution is 6.57. The van der Waals surface area contributed by atoms with Crippen LogP contribution in [-0.4, -0.2) is 17.9 Å². The highest BCUT2D eigenvalue weighted by Crippen LogP contribution is 2.22. The molecule has 0 bridgehead atoms. The fraction of sp³-hybridized carbons (Fsp3) is 1.00. The van der Waals surface area contributed by atoms with Crippen LogP contribution < -0.4 is 0 Å². The van der Waals surface area contributed by atoms with Gasteiger partial charge in [-0.2, -0.15) is 0 Å². The van der Waals surface area contributed by atoms with Crippen LogP contribution in [0.5, 0.6) is 0 Å². The minimum absolute atomic E-state index is 0.127. The number of rotatable bonds is 0. The molecule has 0 amide bonds. The van der Waals surface area contributed by atoms with Gasteiger partial charge in [-0.25, -0.2) is 0 Å². The summed E-state index contributed by atoms with van der Waals surface area (Å²) in [5.41, 5.74) is 0. The number of alkyl halides is 2. The maximum Gasteiger partial charge on any atom is 0.135 e. The summed E-state index contributed by atoms with van der Waals surface area (Å²) in [6, 6.07) is 0. The average Bonchev–Trinajstić information content (AvgIpc) is 1.91. The van der Waals surface area contributed by atoms with Crippen molar-refractivity contribution < 1.29 is 0 Å². The zero-order valence-corrected chi connectivity index (χ0v) is 5.41. The molecule has 1 radical (unpaired) electrons. The van der Waals surface area contributed by atoms with Crippen molar-refractivity contribution in [2.45, 2.75) is 23.4 Å². The van der Waals surface area contributed by atoms with E-state index in [2.05, 4.69) is 7.28 Å². The molecule has 0 N–H and O–H groups in total. The van der Waals surface area contributed by atoms with E-state index in [1.807, 2.05) is 0 Å². The van der Waals surface area contributed by atoms with Crippen molar-refractivity contribution >= 4 is 30.5 Å². The summed E-state index contributed by atoms with van der Waals surface area (Å²) in [5.74, 6) is 0. The SMILES string of the molecule is ClC1[B]CCC1Cl. The lowest BCUT2D eigenvalue weighted by Gasteiger charge is -2.00. The van der Waals surface area contributed by atoms with Gasteiger partial charge in [0.05, 0.1) is 0 Å². The molecule has 3 heteroatoms. The van der Waals surface area contributed by atoms with Crippen LogP contribution in [0.25, 0.3) is 0 Å². The zero-order chi connectivity index (χ0) is 5.28. The van der Waals surface area contributed by atoms with Crippen LogP contribution in [-0.2, 0) is 0 Å². The Morgan fingerprint density at radius 3 is 2.29 bits per heavy atom. The first-order chi connectivity index (χ1) is 3.30. The van der Waals surface area contributed by atoms with Gasteiger partial charge in [-0.05, 0) is 6.42 Å². The molecule has 0 nitrogen and oxygen atoms in total. The summed E-state index contributed by atoms with van der Waals surface area (Å²) in [7, 11) is 2.05. The van der Waals surface area contributed by atoms with E-state index in [1.165, 1.54) is 0 Å². The molecule has 0 aromatic carbocycles. The Bertz CT molecular complexity index is 58.7. The van der Waals surface area contributed by atoms with Crippen molar-refractivity contribution in [1.29, 1.82) is 0 Å². The minimum Gasteiger partial charge on any atom is -0.131 e. The minimum atomic E-state index is 0.127. The van der Waals surface area contributed by atoms with Crippen LogP contribution >= 0.6 is 23.2 Å². The van der Waals surface area contributed by atoms with E-state index in [0.29, 0.717) is 0 Å². The first kappa shape index (κ1) is 5.78. The standard InChI is InChI=1S/C4H6BCl2/c6-3-1-2-5-4(3)7/h3-4H,1-2H2. The second kappa shape index (κ2) is 2.28. The molecule has 2 unspecified atom stereocenters. The van der Waals surface area contributed by atoms with Gasteiger partial charge >= 0.3 is 0 Å². The third-order valence-corrected chi connectivity index (χ3v) is 2.28. The largest absolute Gasteiger partial charge is 0.135 e. The molecule has 1 aliphatic heterocycles. The highest BCUT2D eigenvalue weighted by atomic mass is 35.5. The molecule has 0 spiro atoms. The van der Waals surface area contributed by atoms with Crippen LogP contribution in [0.4, 0.5) is 0 Å². The molecule has 1 fully saturated rings. The molecule has 39 valence electrons. The van der Waals surface area contributed by atoms with E-state index >= 15 is 0 Å². The molecule has 2 atom stereocenters. The molecule has 1 saturated heterocycles. The topological polar surface area (TPSA) is 0 Å². The maximum absolute atomic E-state index is 5.70. The van der Waals surface area contributed by atoms with Gasteiger partial charge in [0, 0.05) is 10.7 Å². The lowest BCUT2D eigenvalue weighted by molar-refractivity contribution is 0.922. The van der Waals surface area contributed by atoms with Crippen molar-refractivity contribution in [1.82, 2.24) is 0 Å². The fourth-order valence-corrected chi connectivity index (χ4v) is 1.20. The molecular weight excluding hydrogens is 130 g/mol. The normalized spacial score (nSPS) is 40.9. The Kier molecular flexibility index (Phi) is 1.88. The Morgan fingerprint density at radius 2 is 2.14 bits per heavy atom. The van der Waals surface area contributed by atoms with Gasteiger partial charge in [0.15, 0.2) is 0 Å². The van der Waals surface area contributed by atoms with Crippen molar-refractivity contribution in [2.24, 2.45) is 0 Å². The van der Waals surface area contributed by atoms with Gasteiger partial charge in [0.2, 0.25) is 0 Å². The molecule has 1 aliphatic rings. The summed E-state index contributed by atoms with van der Waals surface area (Å²) < 4.78 is 0. The number of hydrogen-bond donors (Lipinski definition) is 0. The smallest absolute Gasteiger partial charge is 0.131 e. The summed E-state index contributed by atoms with van der Waals surface area (Å²) >= 11 is 11.4. The molecule has 0 aromatic heterocycles. The van der Waals surface area contributed by atoms with Crippen molar-refractivity contribution in [3.63, 3.8) is 0 Å². The summed E-state index contributed by atoms with van der Waals surface area (Å²) in [4.78, 5) is 0. The first-order valence-corrected chi connectivity index (χ1v) is 3.29. The van der Waals surface area contributed by atoms with Gasteiger partial charge in [0.25, 0.3) is 0 Å². The average molecular weight is 136 g/mol. The van der Waals surface area contributed by atoms with Crippen molar-refractivity contribution in [3.05, 3.63) is 0 Å². The summed E-state index contributed by atoms with van der Waals surface area (Å²) in [6.07, 6.45) is 2.14. The summed E-state index contributed by atoms with van der Waals surface area (Å²) in [5, 5.41) is 0.323. The van der Waals surface area contributed by atoms with Crippen LogP contribution in [0.3, 0.4) is 0 Å². The van der Waals surface area contributed by atoms with Crippen LogP contribution in [0.1, 0.15) is 6.42 Å². The molecule has 1 heterocycles. The lowest BCUT2D eigenvalue weighted by atomic mass is 9.77. The van der Waals surface area contributed by atoms with E-state index in [9.17, 15) is 0 Å². The lowest BCUT2D eigenvalue weighted by Crippen LogP contribution is -2.09. The zero-order valence-electron chi connectivity index (χ0n) is 3.90. The van der Waals surface area contributed by atoms with E-state index in [-0.39, 0.29) is 10.7 Å². The number of halogens is 2. The molecular formula is C4H6BCl2. The molecule has 1 rings (SSSR count). The Labute approximate surface area is 54.4 Å². The van der Waals surface area contributed by atoms with Crippen molar-refractivity contribution in [3.8, 4) is 0 Å². The monoisotopic (exact) mass is 135 g/mol. The van der Waals surface area contributed by atoms with E-state index < -0.39 is 0 Å².